The number of ether oxygens (including phenoxy) is 1. The molecule has 0 aliphatic heterocycles. The lowest BCUT2D eigenvalue weighted by atomic mass is 9.86. The van der Waals surface area contributed by atoms with E-state index in [0.717, 1.165) is 54.7 Å². The second kappa shape index (κ2) is 8.65. The Hall–Kier alpha value is -1.36. The first-order valence-corrected chi connectivity index (χ1v) is 9.31. The van der Waals surface area contributed by atoms with Gasteiger partial charge in [-0.3, -0.25) is 4.48 Å². The van der Waals surface area contributed by atoms with Gasteiger partial charge in [0.05, 0.1) is 19.6 Å². The monoisotopic (exact) mass is 332 g/mol. The highest BCUT2D eigenvalue weighted by Crippen LogP contribution is 2.28. The molecule has 0 radical (unpaired) electrons. The van der Waals surface area contributed by atoms with E-state index in [1.54, 1.807) is 0 Å². The van der Waals surface area contributed by atoms with Crippen molar-refractivity contribution >= 4 is 6.08 Å². The third-order valence-electron chi connectivity index (χ3n) is 5.63. The van der Waals surface area contributed by atoms with Crippen molar-refractivity contribution in [3.05, 3.63) is 35.4 Å². The summed E-state index contributed by atoms with van der Waals surface area (Å²) >= 11 is 0. The number of nitrogens with zero attached hydrogens (tertiary/aromatic N) is 1. The summed E-state index contributed by atoms with van der Waals surface area (Å²) in [6, 6.07) is 8.50. The van der Waals surface area contributed by atoms with Gasteiger partial charge in [-0.2, -0.15) is 0 Å². The van der Waals surface area contributed by atoms with Crippen LogP contribution in [-0.2, 0) is 0 Å². The summed E-state index contributed by atoms with van der Waals surface area (Å²) in [5.74, 6) is 0.964. The van der Waals surface area contributed by atoms with Crippen LogP contribution in [0.15, 0.2) is 29.8 Å². The maximum absolute atomic E-state index is 6.24. The molecule has 1 fully saturated rings. The summed E-state index contributed by atoms with van der Waals surface area (Å²) in [5, 5.41) is 0. The molecule has 2 unspecified atom stereocenters. The number of hydrogen-bond acceptors (Lipinski definition) is 3. The van der Waals surface area contributed by atoms with Gasteiger partial charge in [0.2, 0.25) is 6.73 Å². The Morgan fingerprint density at radius 3 is 2.38 bits per heavy atom. The second-order valence-corrected chi connectivity index (χ2v) is 6.97. The average Bonchev–Trinajstić information content (AvgIpc) is 2.61. The Balaban J connectivity index is 2.13. The van der Waals surface area contributed by atoms with Gasteiger partial charge in [-0.05, 0) is 46.1 Å². The molecule has 0 bridgehead atoms. The Labute approximate surface area is 147 Å². The van der Waals surface area contributed by atoms with Crippen molar-refractivity contribution in [2.24, 2.45) is 11.5 Å². The van der Waals surface area contributed by atoms with Crippen LogP contribution < -0.4 is 16.2 Å². The van der Waals surface area contributed by atoms with Gasteiger partial charge in [-0.25, -0.2) is 0 Å². The Kier molecular flexibility index (Phi) is 6.84. The van der Waals surface area contributed by atoms with Crippen LogP contribution in [0.3, 0.4) is 0 Å². The van der Waals surface area contributed by atoms with Gasteiger partial charge in [0.15, 0.2) is 0 Å². The summed E-state index contributed by atoms with van der Waals surface area (Å²) in [6.07, 6.45) is 5.13. The van der Waals surface area contributed by atoms with Gasteiger partial charge in [-0.1, -0.05) is 29.8 Å². The minimum absolute atomic E-state index is 0.0719. The molecule has 1 aromatic carbocycles. The van der Waals surface area contributed by atoms with Crippen LogP contribution in [0.25, 0.3) is 6.08 Å². The molecule has 1 saturated carbocycles. The lowest BCUT2D eigenvalue weighted by Gasteiger charge is -2.35. The quantitative estimate of drug-likeness (QED) is 0.596. The molecule has 4 N–H and O–H groups in total. The number of benzene rings is 1. The van der Waals surface area contributed by atoms with Crippen molar-refractivity contribution in [1.29, 1.82) is 0 Å². The summed E-state index contributed by atoms with van der Waals surface area (Å²) in [6.45, 7) is 10.7. The van der Waals surface area contributed by atoms with E-state index in [4.69, 9.17) is 16.2 Å². The van der Waals surface area contributed by atoms with E-state index in [2.05, 4.69) is 45.0 Å². The predicted molar refractivity (Wildman–Crippen MR) is 102 cm³/mol. The van der Waals surface area contributed by atoms with E-state index in [-0.39, 0.29) is 12.1 Å². The number of rotatable bonds is 7. The largest absolute Gasteiger partial charge is 0.445 e. The highest BCUT2D eigenvalue weighted by molar-refractivity contribution is 5.60. The molecule has 1 aromatic rings. The first kappa shape index (κ1) is 19.0. The van der Waals surface area contributed by atoms with Crippen molar-refractivity contribution in [3.8, 4) is 5.75 Å². The van der Waals surface area contributed by atoms with E-state index in [1.165, 1.54) is 5.57 Å². The standard InChI is InChI=1S/C20H34N3O/c1-4-23(5-2,6-3)15-24-20-10-8-7-9-17(20)13-16-11-12-18(21)19(22)14-16/h7-10,13,18-19H,4-6,11-12,14-15,21-22H2,1-3H3/q+1. The number of para-hydroxylation sites is 1. The molecule has 0 amide bonds. The van der Waals surface area contributed by atoms with Crippen molar-refractivity contribution < 1.29 is 9.22 Å². The fraction of sp³-hybridized carbons (Fsp3) is 0.600. The number of quaternary nitrogens is 1. The molecule has 134 valence electrons. The first-order chi connectivity index (χ1) is 11.5. The summed E-state index contributed by atoms with van der Waals surface area (Å²) < 4.78 is 7.21. The minimum Gasteiger partial charge on any atom is -0.445 e. The van der Waals surface area contributed by atoms with Crippen molar-refractivity contribution in [1.82, 2.24) is 0 Å². The van der Waals surface area contributed by atoms with Gasteiger partial charge >= 0.3 is 0 Å². The fourth-order valence-electron chi connectivity index (χ4n) is 3.36. The molecule has 0 spiro atoms. The zero-order chi connectivity index (χ0) is 17.6. The van der Waals surface area contributed by atoms with E-state index in [9.17, 15) is 0 Å². The van der Waals surface area contributed by atoms with Gasteiger partial charge in [-0.15, -0.1) is 0 Å². The molecule has 0 saturated heterocycles. The first-order valence-electron chi connectivity index (χ1n) is 9.31. The van der Waals surface area contributed by atoms with Crippen LogP contribution in [-0.4, -0.2) is 42.9 Å². The zero-order valence-corrected chi connectivity index (χ0v) is 15.5. The third-order valence-corrected chi connectivity index (χ3v) is 5.63. The maximum Gasteiger partial charge on any atom is 0.224 e. The van der Waals surface area contributed by atoms with Gasteiger partial charge in [0, 0.05) is 17.6 Å². The van der Waals surface area contributed by atoms with Crippen molar-refractivity contribution in [2.45, 2.75) is 52.1 Å². The molecule has 2 atom stereocenters. The van der Waals surface area contributed by atoms with E-state index < -0.39 is 0 Å². The van der Waals surface area contributed by atoms with Crippen molar-refractivity contribution in [3.63, 3.8) is 0 Å². The van der Waals surface area contributed by atoms with Crippen LogP contribution in [0.1, 0.15) is 45.6 Å². The third kappa shape index (κ3) is 4.59. The Morgan fingerprint density at radius 1 is 1.08 bits per heavy atom. The lowest BCUT2D eigenvalue weighted by molar-refractivity contribution is -0.937. The minimum atomic E-state index is 0.0719. The molecule has 0 heterocycles. The van der Waals surface area contributed by atoms with Crippen LogP contribution in [0.4, 0.5) is 0 Å². The molecular formula is C20H34N3O+. The van der Waals surface area contributed by atoms with E-state index in [1.807, 2.05) is 6.07 Å². The Morgan fingerprint density at radius 2 is 1.75 bits per heavy atom. The molecule has 24 heavy (non-hydrogen) atoms. The molecule has 1 aliphatic carbocycles. The van der Waals surface area contributed by atoms with Gasteiger partial charge in [0.1, 0.15) is 5.75 Å². The predicted octanol–water partition coefficient (Wildman–Crippen LogP) is 3.12. The maximum atomic E-state index is 6.24. The molecule has 4 nitrogen and oxygen atoms in total. The molecule has 0 aromatic heterocycles. The highest BCUT2D eigenvalue weighted by Gasteiger charge is 2.23. The number of hydrogen-bond donors (Lipinski definition) is 2. The van der Waals surface area contributed by atoms with E-state index in [0.29, 0.717) is 6.73 Å². The lowest BCUT2D eigenvalue weighted by Crippen LogP contribution is -2.50. The summed E-state index contributed by atoms with van der Waals surface area (Å²) in [7, 11) is 0. The summed E-state index contributed by atoms with van der Waals surface area (Å²) in [5.41, 5.74) is 14.7. The smallest absolute Gasteiger partial charge is 0.224 e. The molecule has 4 heteroatoms. The normalized spacial score (nSPS) is 23.5. The van der Waals surface area contributed by atoms with Crippen LogP contribution >= 0.6 is 0 Å². The van der Waals surface area contributed by atoms with Gasteiger partial charge in [0.25, 0.3) is 0 Å². The van der Waals surface area contributed by atoms with Crippen LogP contribution in [0.5, 0.6) is 5.75 Å². The van der Waals surface area contributed by atoms with E-state index >= 15 is 0 Å². The zero-order valence-electron chi connectivity index (χ0n) is 15.5. The fourth-order valence-corrected chi connectivity index (χ4v) is 3.36. The number of nitrogens with two attached hydrogens (primary N) is 2. The SMILES string of the molecule is CC[N+](CC)(CC)COc1ccccc1C=C1CCC(N)C(N)C1. The topological polar surface area (TPSA) is 61.3 Å². The average molecular weight is 333 g/mol. The molecular weight excluding hydrogens is 298 g/mol. The molecule has 2 rings (SSSR count). The van der Waals surface area contributed by atoms with Crippen molar-refractivity contribution in [2.75, 3.05) is 26.4 Å². The summed E-state index contributed by atoms with van der Waals surface area (Å²) in [4.78, 5) is 0. The Bertz CT molecular complexity index is 543. The second-order valence-electron chi connectivity index (χ2n) is 6.97. The highest BCUT2D eigenvalue weighted by atomic mass is 16.5. The van der Waals surface area contributed by atoms with Crippen LogP contribution in [0.2, 0.25) is 0 Å². The van der Waals surface area contributed by atoms with Gasteiger partial charge < -0.3 is 16.2 Å². The molecule has 1 aliphatic rings. The van der Waals surface area contributed by atoms with Crippen LogP contribution in [0, 0.1) is 0 Å².